The average molecular weight is 367 g/mol. The van der Waals surface area contributed by atoms with Gasteiger partial charge < -0.3 is 31.7 Å². The fourth-order valence-electron chi connectivity index (χ4n) is 4.39. The van der Waals surface area contributed by atoms with Gasteiger partial charge in [0.2, 0.25) is 5.91 Å². The van der Waals surface area contributed by atoms with Crippen molar-refractivity contribution in [2.45, 2.75) is 38.1 Å². The molecule has 6 atom stereocenters. The number of fused-ring (bicyclic) bond motifs is 1. The number of β-lactam (4-membered cyclic amide) rings is 1. The van der Waals surface area contributed by atoms with E-state index in [0.29, 0.717) is 25.2 Å². The number of carbonyl (C=O) groups is 2. The Morgan fingerprint density at radius 2 is 2.04 bits per heavy atom. The van der Waals surface area contributed by atoms with Gasteiger partial charge in [0, 0.05) is 25.6 Å². The number of hydrogen-bond acceptors (Lipinski definition) is 6. The number of amides is 1. The van der Waals surface area contributed by atoms with Crippen LogP contribution in [0.4, 0.5) is 0 Å². The molecule has 6 unspecified atom stereocenters. The molecule has 3 heterocycles. The summed E-state index contributed by atoms with van der Waals surface area (Å²) in [5, 5.41) is 29.6. The Kier molecular flexibility index (Phi) is 4.67. The van der Waals surface area contributed by atoms with Crippen molar-refractivity contribution in [3.63, 3.8) is 0 Å². The topological polar surface area (TPSA) is 166 Å². The molecular weight excluding hydrogens is 342 g/mol. The number of hydrogen-bond donors (Lipinski definition) is 5. The van der Waals surface area contributed by atoms with Crippen molar-refractivity contribution in [3.8, 4) is 0 Å². The maximum absolute atomic E-state index is 12.3. The Labute approximate surface area is 150 Å². The lowest BCUT2D eigenvalue weighted by Gasteiger charge is -2.46. The van der Waals surface area contributed by atoms with E-state index in [-0.39, 0.29) is 29.5 Å². The molecule has 0 bridgehead atoms. The normalized spacial score (nSPS) is 35.3. The van der Waals surface area contributed by atoms with Crippen LogP contribution in [0.3, 0.4) is 0 Å². The van der Waals surface area contributed by atoms with E-state index in [1.165, 1.54) is 4.90 Å². The summed E-state index contributed by atoms with van der Waals surface area (Å²) in [6, 6.07) is -0.806. The molecule has 26 heavy (non-hydrogen) atoms. The number of aliphatic hydroxyl groups is 2. The summed E-state index contributed by atoms with van der Waals surface area (Å²) >= 11 is 0. The Balaban J connectivity index is 1.82. The van der Waals surface area contributed by atoms with Crippen molar-refractivity contribution in [2.75, 3.05) is 19.6 Å². The van der Waals surface area contributed by atoms with Gasteiger partial charge in [-0.1, -0.05) is 6.92 Å². The summed E-state index contributed by atoms with van der Waals surface area (Å²) < 4.78 is 0. The van der Waals surface area contributed by atoms with E-state index in [9.17, 15) is 24.9 Å². The summed E-state index contributed by atoms with van der Waals surface area (Å²) in [6.07, 6.45) is -1.58. The number of aliphatic carboxylic acids is 1. The first-order chi connectivity index (χ1) is 12.1. The lowest BCUT2D eigenvalue weighted by Crippen LogP contribution is -2.63. The first kappa shape index (κ1) is 18.6. The Bertz CT molecular complexity index is 687. The Morgan fingerprint density at radius 1 is 1.38 bits per heavy atom. The van der Waals surface area contributed by atoms with E-state index in [0.717, 1.165) is 0 Å². The summed E-state index contributed by atoms with van der Waals surface area (Å²) in [6.45, 7) is 4.40. The number of likely N-dealkylation sites (tertiary alicyclic amines) is 1. The molecule has 7 N–H and O–H groups in total. The number of nitrogens with two attached hydrogens (primary N) is 2. The highest BCUT2D eigenvalue weighted by Crippen LogP contribution is 2.47. The summed E-state index contributed by atoms with van der Waals surface area (Å²) in [5.41, 5.74) is 11.4. The minimum atomic E-state index is -1.16. The first-order valence-corrected chi connectivity index (χ1v) is 8.60. The summed E-state index contributed by atoms with van der Waals surface area (Å²) in [5.74, 6) is -2.41. The van der Waals surface area contributed by atoms with Crippen LogP contribution in [-0.2, 0) is 9.59 Å². The highest BCUT2D eigenvalue weighted by Gasteiger charge is 2.59. The summed E-state index contributed by atoms with van der Waals surface area (Å²) in [7, 11) is 0. The zero-order valence-corrected chi connectivity index (χ0v) is 14.7. The van der Waals surface area contributed by atoms with Gasteiger partial charge in [-0.2, -0.15) is 0 Å². The molecular formula is C16H25N5O5. The van der Waals surface area contributed by atoms with Gasteiger partial charge in [0.15, 0.2) is 5.96 Å². The summed E-state index contributed by atoms with van der Waals surface area (Å²) in [4.78, 5) is 31.3. The highest BCUT2D eigenvalue weighted by molar-refractivity contribution is 6.00. The van der Waals surface area contributed by atoms with Crippen LogP contribution >= 0.6 is 0 Å². The molecule has 0 aliphatic carbocycles. The largest absolute Gasteiger partial charge is 0.477 e. The molecule has 10 heteroatoms. The fraction of sp³-hybridized carbons (Fsp3) is 0.688. The molecule has 3 aliphatic rings. The van der Waals surface area contributed by atoms with Gasteiger partial charge in [-0.15, -0.1) is 0 Å². The monoisotopic (exact) mass is 367 g/mol. The average Bonchev–Trinajstić information content (AvgIpc) is 2.96. The first-order valence-electron chi connectivity index (χ1n) is 8.60. The number of rotatable bonds is 5. The SMILES string of the molecule is CC(O)C1C(=O)N2C(C(=O)O)=C(CN3CC(O)C(N=C(N)N)C3)C(C)C12. The number of aliphatic imine (C=N–C) groups is 1. The lowest BCUT2D eigenvalue weighted by molar-refractivity contribution is -0.163. The van der Waals surface area contributed by atoms with Crippen LogP contribution in [0.5, 0.6) is 0 Å². The van der Waals surface area contributed by atoms with Crippen LogP contribution in [0, 0.1) is 11.8 Å². The molecule has 3 rings (SSSR count). The van der Waals surface area contributed by atoms with Gasteiger partial charge in [-0.25, -0.2) is 9.79 Å². The van der Waals surface area contributed by atoms with Gasteiger partial charge in [0.25, 0.3) is 0 Å². The molecule has 10 nitrogen and oxygen atoms in total. The van der Waals surface area contributed by atoms with Crippen molar-refractivity contribution in [2.24, 2.45) is 28.3 Å². The second-order valence-electron chi connectivity index (χ2n) is 7.32. The third kappa shape index (κ3) is 2.83. The third-order valence-electron chi connectivity index (χ3n) is 5.56. The maximum atomic E-state index is 12.3. The van der Waals surface area contributed by atoms with Crippen LogP contribution in [0.1, 0.15) is 13.8 Å². The van der Waals surface area contributed by atoms with Crippen LogP contribution in [0.25, 0.3) is 0 Å². The van der Waals surface area contributed by atoms with Gasteiger partial charge in [0.1, 0.15) is 5.70 Å². The smallest absolute Gasteiger partial charge is 0.352 e. The van der Waals surface area contributed by atoms with E-state index >= 15 is 0 Å². The number of aliphatic hydroxyl groups excluding tert-OH is 2. The number of nitrogens with zero attached hydrogens (tertiary/aromatic N) is 3. The number of β-amino-alcohol motifs (C(OH)–C–C–N with tert-alkyl or cyclic N) is 1. The fourth-order valence-corrected chi connectivity index (χ4v) is 4.39. The minimum absolute atomic E-state index is 0.0100. The number of guanidine groups is 1. The van der Waals surface area contributed by atoms with E-state index < -0.39 is 30.1 Å². The van der Waals surface area contributed by atoms with Crippen molar-refractivity contribution in [1.82, 2.24) is 9.80 Å². The molecule has 3 aliphatic heterocycles. The number of carbonyl (C=O) groups excluding carboxylic acids is 1. The van der Waals surface area contributed by atoms with Crippen molar-refractivity contribution in [3.05, 3.63) is 11.3 Å². The molecule has 1 amide bonds. The standard InChI is InChI=1S/C16H25N5O5/c1-6-8(3-20-4-9(10(23)5-20)19-16(17)18)13(15(25)26)21-12(6)11(7(2)22)14(21)24/h6-7,9-12,22-23H,3-5H2,1-2H3,(H,25,26)(H4,17,18,19). The maximum Gasteiger partial charge on any atom is 0.352 e. The number of carboxylic acid groups (broad SMARTS) is 1. The predicted molar refractivity (Wildman–Crippen MR) is 91.7 cm³/mol. The van der Waals surface area contributed by atoms with Crippen LogP contribution in [0.2, 0.25) is 0 Å². The molecule has 0 radical (unpaired) electrons. The molecule has 0 saturated carbocycles. The molecule has 0 aromatic rings. The second-order valence-corrected chi connectivity index (χ2v) is 7.32. The van der Waals surface area contributed by atoms with E-state index in [1.54, 1.807) is 6.92 Å². The van der Waals surface area contributed by atoms with Crippen LogP contribution in [0.15, 0.2) is 16.3 Å². The molecule has 0 aromatic carbocycles. The van der Waals surface area contributed by atoms with Gasteiger partial charge in [-0.05, 0) is 12.5 Å². The Hall–Kier alpha value is -2.17. The highest BCUT2D eigenvalue weighted by atomic mass is 16.4. The zero-order valence-electron chi connectivity index (χ0n) is 14.7. The third-order valence-corrected chi connectivity index (χ3v) is 5.56. The van der Waals surface area contributed by atoms with Gasteiger partial charge in [0.05, 0.1) is 30.2 Å². The lowest BCUT2D eigenvalue weighted by atomic mass is 9.77. The quantitative estimate of drug-likeness (QED) is 0.202. The molecule has 2 saturated heterocycles. The zero-order chi connectivity index (χ0) is 19.3. The van der Waals surface area contributed by atoms with E-state index in [2.05, 4.69) is 4.99 Å². The minimum Gasteiger partial charge on any atom is -0.477 e. The van der Waals surface area contributed by atoms with E-state index in [4.69, 9.17) is 11.5 Å². The molecule has 144 valence electrons. The van der Waals surface area contributed by atoms with Crippen molar-refractivity contribution in [1.29, 1.82) is 0 Å². The van der Waals surface area contributed by atoms with Gasteiger partial charge in [-0.3, -0.25) is 9.69 Å². The van der Waals surface area contributed by atoms with Crippen molar-refractivity contribution >= 4 is 17.8 Å². The number of carboxylic acids is 1. The van der Waals surface area contributed by atoms with Gasteiger partial charge >= 0.3 is 5.97 Å². The van der Waals surface area contributed by atoms with E-state index in [1.807, 2.05) is 11.8 Å². The molecule has 2 fully saturated rings. The van der Waals surface area contributed by atoms with Crippen LogP contribution in [-0.4, -0.2) is 86.9 Å². The van der Waals surface area contributed by atoms with Crippen LogP contribution < -0.4 is 11.5 Å². The molecule has 0 spiro atoms. The second kappa shape index (κ2) is 6.53. The Morgan fingerprint density at radius 3 is 2.58 bits per heavy atom. The van der Waals surface area contributed by atoms with Crippen molar-refractivity contribution < 1.29 is 24.9 Å². The molecule has 0 aromatic heterocycles. The predicted octanol–water partition coefficient (Wildman–Crippen LogP) is -2.50.